The molecule has 0 radical (unpaired) electrons. The molecule has 0 spiro atoms. The predicted molar refractivity (Wildman–Crippen MR) is 162 cm³/mol. The molecule has 3 aromatic carbocycles. The maximum Gasteiger partial charge on any atom is 0.328 e. The number of nitrogens with one attached hydrogen (secondary N) is 4. The highest BCUT2D eigenvalue weighted by atomic mass is 32.2. The molecule has 1 aliphatic rings. The van der Waals surface area contributed by atoms with Gasteiger partial charge in [-0.15, -0.1) is 0 Å². The third-order valence-corrected chi connectivity index (χ3v) is 8.96. The van der Waals surface area contributed by atoms with Crippen molar-refractivity contribution >= 4 is 44.4 Å². The van der Waals surface area contributed by atoms with Gasteiger partial charge < -0.3 is 21.1 Å². The van der Waals surface area contributed by atoms with Gasteiger partial charge in [0.05, 0.1) is 17.4 Å². The molecule has 1 fully saturated rings. The highest BCUT2D eigenvalue weighted by Crippen LogP contribution is 2.20. The van der Waals surface area contributed by atoms with Crippen LogP contribution in [0.3, 0.4) is 0 Å². The second-order valence-corrected chi connectivity index (χ2v) is 12.3. The SMILES string of the molecule is N=C(N)N1CCC(CNC(=O)CC(NS(=O)(=O)c2ccc3ccccc3c2)C(=O)C(NCc2ccccc2)C(=O)O)CC1. The van der Waals surface area contributed by atoms with Crippen LogP contribution in [0, 0.1) is 11.3 Å². The molecule has 4 rings (SSSR count). The first-order chi connectivity index (χ1) is 20.5. The fourth-order valence-corrected chi connectivity index (χ4v) is 6.25. The van der Waals surface area contributed by atoms with Gasteiger partial charge in [0.15, 0.2) is 17.8 Å². The predicted octanol–water partition coefficient (Wildman–Crippen LogP) is 1.41. The lowest BCUT2D eigenvalue weighted by Gasteiger charge is -2.32. The number of aliphatic carboxylic acids is 1. The highest BCUT2D eigenvalue weighted by Gasteiger charge is 2.36. The largest absolute Gasteiger partial charge is 0.480 e. The Kier molecular flexibility index (Phi) is 10.5. The van der Waals surface area contributed by atoms with E-state index < -0.39 is 46.2 Å². The van der Waals surface area contributed by atoms with Crippen molar-refractivity contribution in [3.63, 3.8) is 0 Å². The van der Waals surface area contributed by atoms with Crippen molar-refractivity contribution in [3.8, 4) is 0 Å². The monoisotopic (exact) mass is 608 g/mol. The van der Waals surface area contributed by atoms with Crippen LogP contribution >= 0.6 is 0 Å². The molecular weight excluding hydrogens is 572 g/mol. The van der Waals surface area contributed by atoms with E-state index in [1.807, 2.05) is 12.1 Å². The molecule has 0 saturated carbocycles. The number of carbonyl (C=O) groups is 3. The van der Waals surface area contributed by atoms with Gasteiger partial charge >= 0.3 is 5.97 Å². The van der Waals surface area contributed by atoms with Crippen LogP contribution in [0.5, 0.6) is 0 Å². The minimum atomic E-state index is -4.33. The number of Topliss-reactive ketones (excluding diaryl/α,β-unsaturated/α-hetero) is 1. The molecule has 0 bridgehead atoms. The topological polar surface area (TPSA) is 195 Å². The average Bonchev–Trinajstić information content (AvgIpc) is 3.00. The Morgan fingerprint density at radius 1 is 0.977 bits per heavy atom. The number of nitrogens with two attached hydrogens (primary N) is 1. The summed E-state index contributed by atoms with van der Waals surface area (Å²) in [6.07, 6.45) is 0.803. The molecule has 2 atom stereocenters. The number of piperidine rings is 1. The Hall–Kier alpha value is -4.33. The molecule has 13 heteroatoms. The van der Waals surface area contributed by atoms with Crippen LogP contribution in [-0.2, 0) is 31.0 Å². The summed E-state index contributed by atoms with van der Waals surface area (Å²) in [4.78, 5) is 40.4. The van der Waals surface area contributed by atoms with Gasteiger partial charge in [-0.25, -0.2) is 13.1 Å². The fourth-order valence-electron chi connectivity index (χ4n) is 5.01. The maximum atomic E-state index is 13.6. The third kappa shape index (κ3) is 8.60. The zero-order valence-electron chi connectivity index (χ0n) is 23.5. The van der Waals surface area contributed by atoms with Gasteiger partial charge in [-0.2, -0.15) is 0 Å². The number of amides is 1. The van der Waals surface area contributed by atoms with Gasteiger partial charge in [0, 0.05) is 26.2 Å². The van der Waals surface area contributed by atoms with Crippen molar-refractivity contribution in [1.82, 2.24) is 20.3 Å². The molecule has 0 aliphatic carbocycles. The van der Waals surface area contributed by atoms with Crippen LogP contribution in [0.25, 0.3) is 10.8 Å². The van der Waals surface area contributed by atoms with Crippen molar-refractivity contribution in [1.29, 1.82) is 5.41 Å². The van der Waals surface area contributed by atoms with Gasteiger partial charge in [0.2, 0.25) is 15.9 Å². The molecule has 1 saturated heterocycles. The summed E-state index contributed by atoms with van der Waals surface area (Å²) in [7, 11) is -4.33. The number of carbonyl (C=O) groups excluding carboxylic acids is 2. The number of carboxylic acid groups (broad SMARTS) is 1. The quantitative estimate of drug-likeness (QED) is 0.0945. The zero-order valence-corrected chi connectivity index (χ0v) is 24.3. The van der Waals surface area contributed by atoms with Crippen LogP contribution in [0.15, 0.2) is 77.7 Å². The first kappa shape index (κ1) is 31.6. The summed E-state index contributed by atoms with van der Waals surface area (Å²) in [6, 6.07) is 17.1. The standard InChI is InChI=1S/C30H36N6O6S/c31-30(32)36-14-12-21(13-15-36)18-33-26(37)17-25(28(38)27(29(39)40)34-19-20-6-2-1-3-7-20)35-43(41,42)24-11-10-22-8-4-5-9-23(22)16-24/h1-11,16,21,25,27,34-35H,12-15,17-19H2,(H3,31,32)(H,33,37)(H,39,40). The summed E-state index contributed by atoms with van der Waals surface area (Å²) < 4.78 is 29.2. The van der Waals surface area contributed by atoms with E-state index >= 15 is 0 Å². The molecule has 7 N–H and O–H groups in total. The van der Waals surface area contributed by atoms with Crippen LogP contribution in [-0.4, -0.2) is 73.8 Å². The summed E-state index contributed by atoms with van der Waals surface area (Å²) in [5.74, 6) is -2.97. The van der Waals surface area contributed by atoms with Gasteiger partial charge in [0.25, 0.3) is 0 Å². The number of hydrogen-bond acceptors (Lipinski definition) is 7. The van der Waals surface area contributed by atoms with E-state index in [1.54, 1.807) is 53.4 Å². The fraction of sp³-hybridized carbons (Fsp3) is 0.333. The molecule has 12 nitrogen and oxygen atoms in total. The van der Waals surface area contributed by atoms with Crippen LogP contribution in [0.2, 0.25) is 0 Å². The molecule has 3 aromatic rings. The van der Waals surface area contributed by atoms with E-state index in [-0.39, 0.29) is 29.9 Å². The smallest absolute Gasteiger partial charge is 0.328 e. The highest BCUT2D eigenvalue weighted by molar-refractivity contribution is 7.89. The van der Waals surface area contributed by atoms with E-state index in [2.05, 4.69) is 15.4 Å². The Morgan fingerprint density at radius 3 is 2.28 bits per heavy atom. The molecule has 228 valence electrons. The van der Waals surface area contributed by atoms with E-state index in [1.165, 1.54) is 12.1 Å². The number of hydrogen-bond donors (Lipinski definition) is 6. The molecule has 1 amide bonds. The van der Waals surface area contributed by atoms with Crippen LogP contribution in [0.1, 0.15) is 24.8 Å². The first-order valence-electron chi connectivity index (χ1n) is 13.9. The molecule has 1 heterocycles. The number of sulfonamides is 1. The molecule has 0 aromatic heterocycles. The Labute approximate surface area is 250 Å². The van der Waals surface area contributed by atoms with E-state index in [0.29, 0.717) is 31.3 Å². The van der Waals surface area contributed by atoms with Gasteiger partial charge in [-0.1, -0.05) is 60.7 Å². The van der Waals surface area contributed by atoms with Crippen molar-refractivity contribution in [3.05, 3.63) is 78.4 Å². The lowest BCUT2D eigenvalue weighted by Crippen LogP contribution is -2.54. The first-order valence-corrected chi connectivity index (χ1v) is 15.4. The average molecular weight is 609 g/mol. The van der Waals surface area contributed by atoms with Gasteiger partial charge in [0.1, 0.15) is 0 Å². The minimum Gasteiger partial charge on any atom is -0.480 e. The van der Waals surface area contributed by atoms with Gasteiger partial charge in [-0.3, -0.25) is 25.1 Å². The number of fused-ring (bicyclic) bond motifs is 1. The number of carboxylic acids is 1. The number of rotatable bonds is 13. The minimum absolute atomic E-state index is 0.00334. The van der Waals surface area contributed by atoms with Gasteiger partial charge in [-0.05, 0) is 47.2 Å². The van der Waals surface area contributed by atoms with Crippen molar-refractivity contribution < 1.29 is 27.9 Å². The second kappa shape index (κ2) is 14.2. The van der Waals surface area contributed by atoms with E-state index in [4.69, 9.17) is 11.1 Å². The molecule has 1 aliphatic heterocycles. The normalized spacial score (nSPS) is 15.5. The summed E-state index contributed by atoms with van der Waals surface area (Å²) in [5, 5.41) is 24.4. The molecular formula is C30H36N6O6S. The number of ketones is 1. The Morgan fingerprint density at radius 2 is 1.63 bits per heavy atom. The third-order valence-electron chi connectivity index (χ3n) is 7.49. The van der Waals surface area contributed by atoms with Crippen LogP contribution < -0.4 is 21.1 Å². The van der Waals surface area contributed by atoms with Crippen molar-refractivity contribution in [2.75, 3.05) is 19.6 Å². The number of guanidine groups is 1. The summed E-state index contributed by atoms with van der Waals surface area (Å²) >= 11 is 0. The molecule has 43 heavy (non-hydrogen) atoms. The summed E-state index contributed by atoms with van der Waals surface area (Å²) in [5.41, 5.74) is 6.27. The second-order valence-electron chi connectivity index (χ2n) is 10.5. The Bertz CT molecular complexity index is 1570. The van der Waals surface area contributed by atoms with Crippen molar-refractivity contribution in [2.24, 2.45) is 11.7 Å². The summed E-state index contributed by atoms with van der Waals surface area (Å²) in [6.45, 7) is 1.49. The molecule has 2 unspecified atom stereocenters. The van der Waals surface area contributed by atoms with Crippen molar-refractivity contribution in [2.45, 2.75) is 42.8 Å². The number of nitrogens with zero attached hydrogens (tertiary/aromatic N) is 1. The van der Waals surface area contributed by atoms with E-state index in [0.717, 1.165) is 10.9 Å². The van der Waals surface area contributed by atoms with Crippen LogP contribution in [0.4, 0.5) is 0 Å². The Balaban J connectivity index is 1.51. The number of benzene rings is 3. The van der Waals surface area contributed by atoms with E-state index in [9.17, 15) is 27.9 Å². The maximum absolute atomic E-state index is 13.6. The lowest BCUT2D eigenvalue weighted by atomic mass is 9.96. The zero-order chi connectivity index (χ0) is 31.0. The number of likely N-dealkylation sites (tertiary alicyclic amines) is 1. The lowest BCUT2D eigenvalue weighted by molar-refractivity contribution is -0.144.